The summed E-state index contributed by atoms with van der Waals surface area (Å²) in [4.78, 5) is 16.9. The third-order valence-corrected chi connectivity index (χ3v) is 4.48. The molecule has 0 atom stereocenters. The molecule has 0 unspecified atom stereocenters. The van der Waals surface area contributed by atoms with Crippen molar-refractivity contribution < 1.29 is 13.7 Å². The molecular formula is C23H15N3O3. The Morgan fingerprint density at radius 2 is 1.59 bits per heavy atom. The standard InChI is InChI=1S/C23H15N3O3/c27-22(19-14-21(29-26-19)15-6-2-1-3-7-15)24-17-12-10-16(11-13-17)23-25-18-8-4-5-9-20(18)28-23/h1-14H,(H,24,27). The summed E-state index contributed by atoms with van der Waals surface area (Å²) >= 11 is 0. The number of hydrogen-bond donors (Lipinski definition) is 1. The number of fused-ring (bicyclic) bond motifs is 1. The lowest BCUT2D eigenvalue weighted by Gasteiger charge is -2.03. The molecule has 1 amide bonds. The van der Waals surface area contributed by atoms with Gasteiger partial charge in [0.2, 0.25) is 5.89 Å². The number of oxazole rings is 1. The van der Waals surface area contributed by atoms with Crippen molar-refractivity contribution in [1.29, 1.82) is 0 Å². The first-order valence-electron chi connectivity index (χ1n) is 9.06. The van der Waals surface area contributed by atoms with Gasteiger partial charge in [0.05, 0.1) is 0 Å². The molecule has 0 saturated carbocycles. The summed E-state index contributed by atoms with van der Waals surface area (Å²) < 4.78 is 11.1. The van der Waals surface area contributed by atoms with Gasteiger partial charge >= 0.3 is 0 Å². The zero-order valence-electron chi connectivity index (χ0n) is 15.2. The molecule has 0 aliphatic rings. The maximum atomic E-state index is 12.5. The zero-order valence-corrected chi connectivity index (χ0v) is 15.2. The molecule has 140 valence electrons. The summed E-state index contributed by atoms with van der Waals surface area (Å²) in [6.45, 7) is 0. The Labute approximate surface area is 165 Å². The van der Waals surface area contributed by atoms with Gasteiger partial charge in [-0.05, 0) is 36.4 Å². The topological polar surface area (TPSA) is 81.2 Å². The zero-order chi connectivity index (χ0) is 19.6. The van der Waals surface area contributed by atoms with Crippen LogP contribution in [0.25, 0.3) is 33.9 Å². The van der Waals surface area contributed by atoms with Crippen LogP contribution in [0.4, 0.5) is 5.69 Å². The minimum Gasteiger partial charge on any atom is -0.436 e. The molecule has 0 aliphatic heterocycles. The van der Waals surface area contributed by atoms with Crippen molar-refractivity contribution in [2.24, 2.45) is 0 Å². The normalized spacial score (nSPS) is 10.9. The van der Waals surface area contributed by atoms with E-state index in [1.807, 2.05) is 66.7 Å². The van der Waals surface area contributed by atoms with E-state index in [0.29, 0.717) is 17.3 Å². The first-order chi connectivity index (χ1) is 14.3. The third-order valence-electron chi connectivity index (χ3n) is 4.48. The van der Waals surface area contributed by atoms with Gasteiger partial charge in [-0.15, -0.1) is 0 Å². The van der Waals surface area contributed by atoms with Gasteiger partial charge in [-0.3, -0.25) is 4.79 Å². The largest absolute Gasteiger partial charge is 0.436 e. The predicted molar refractivity (Wildman–Crippen MR) is 109 cm³/mol. The number of amides is 1. The molecule has 0 radical (unpaired) electrons. The van der Waals surface area contributed by atoms with Gasteiger partial charge in [0.25, 0.3) is 5.91 Å². The fourth-order valence-corrected chi connectivity index (χ4v) is 3.01. The summed E-state index contributed by atoms with van der Waals surface area (Å²) in [5.41, 5.74) is 4.08. The summed E-state index contributed by atoms with van der Waals surface area (Å²) in [6.07, 6.45) is 0. The number of anilines is 1. The molecule has 0 saturated heterocycles. The van der Waals surface area contributed by atoms with E-state index in [1.54, 1.807) is 18.2 Å². The maximum Gasteiger partial charge on any atom is 0.277 e. The van der Waals surface area contributed by atoms with E-state index in [2.05, 4.69) is 15.5 Å². The summed E-state index contributed by atoms with van der Waals surface area (Å²) in [5, 5.41) is 6.68. The number of nitrogens with zero attached hydrogens (tertiary/aromatic N) is 2. The van der Waals surface area contributed by atoms with Gasteiger partial charge in [-0.1, -0.05) is 47.6 Å². The Morgan fingerprint density at radius 3 is 2.38 bits per heavy atom. The van der Waals surface area contributed by atoms with Crippen molar-refractivity contribution in [3.05, 3.63) is 90.6 Å². The Balaban J connectivity index is 1.32. The predicted octanol–water partition coefficient (Wildman–Crippen LogP) is 5.40. The van der Waals surface area contributed by atoms with Crippen molar-refractivity contribution in [3.63, 3.8) is 0 Å². The highest BCUT2D eigenvalue weighted by Crippen LogP contribution is 2.25. The molecular weight excluding hydrogens is 366 g/mol. The van der Waals surface area contributed by atoms with E-state index < -0.39 is 0 Å². The Morgan fingerprint density at radius 1 is 0.828 bits per heavy atom. The summed E-state index contributed by atoms with van der Waals surface area (Å²) in [7, 11) is 0. The first-order valence-corrected chi connectivity index (χ1v) is 9.06. The fourth-order valence-electron chi connectivity index (χ4n) is 3.01. The van der Waals surface area contributed by atoms with Gasteiger partial charge in [-0.25, -0.2) is 4.98 Å². The molecule has 5 aromatic rings. The molecule has 1 N–H and O–H groups in total. The van der Waals surface area contributed by atoms with Crippen LogP contribution in [0.2, 0.25) is 0 Å². The van der Waals surface area contributed by atoms with E-state index in [-0.39, 0.29) is 11.6 Å². The Hall–Kier alpha value is -4.19. The van der Waals surface area contributed by atoms with E-state index in [4.69, 9.17) is 8.94 Å². The number of para-hydroxylation sites is 2. The molecule has 6 heteroatoms. The average molecular weight is 381 g/mol. The van der Waals surface area contributed by atoms with Crippen LogP contribution in [0.3, 0.4) is 0 Å². The van der Waals surface area contributed by atoms with Crippen molar-refractivity contribution in [3.8, 4) is 22.8 Å². The van der Waals surface area contributed by atoms with Gasteiger partial charge in [0.1, 0.15) is 5.52 Å². The quantitative estimate of drug-likeness (QED) is 0.451. The second-order valence-electron chi connectivity index (χ2n) is 6.46. The van der Waals surface area contributed by atoms with Crippen LogP contribution < -0.4 is 5.32 Å². The molecule has 2 heterocycles. The molecule has 3 aromatic carbocycles. The van der Waals surface area contributed by atoms with Crippen LogP contribution in [0, 0.1) is 0 Å². The number of nitrogens with one attached hydrogen (secondary N) is 1. The molecule has 0 aliphatic carbocycles. The van der Waals surface area contributed by atoms with Crippen LogP contribution in [-0.4, -0.2) is 16.0 Å². The minimum absolute atomic E-state index is 0.215. The fraction of sp³-hybridized carbons (Fsp3) is 0. The highest BCUT2D eigenvalue weighted by molar-refractivity contribution is 6.03. The van der Waals surface area contributed by atoms with Crippen molar-refractivity contribution in [1.82, 2.24) is 10.1 Å². The average Bonchev–Trinajstić information content (AvgIpc) is 3.42. The van der Waals surface area contributed by atoms with E-state index >= 15 is 0 Å². The smallest absolute Gasteiger partial charge is 0.277 e. The second kappa shape index (κ2) is 7.09. The van der Waals surface area contributed by atoms with Gasteiger partial charge in [-0.2, -0.15) is 0 Å². The number of aromatic nitrogens is 2. The number of carbonyl (C=O) groups excluding carboxylic acids is 1. The second-order valence-corrected chi connectivity index (χ2v) is 6.46. The van der Waals surface area contributed by atoms with Crippen molar-refractivity contribution >= 4 is 22.7 Å². The Bertz CT molecular complexity index is 1250. The highest BCUT2D eigenvalue weighted by atomic mass is 16.5. The lowest BCUT2D eigenvalue weighted by atomic mass is 10.1. The summed E-state index contributed by atoms with van der Waals surface area (Å²) in [5.74, 6) is 0.737. The molecule has 5 rings (SSSR count). The van der Waals surface area contributed by atoms with Crippen molar-refractivity contribution in [2.75, 3.05) is 5.32 Å². The summed E-state index contributed by atoms with van der Waals surface area (Å²) in [6, 6.07) is 26.0. The third kappa shape index (κ3) is 3.39. The lowest BCUT2D eigenvalue weighted by Crippen LogP contribution is -2.11. The molecule has 0 fully saturated rings. The molecule has 0 spiro atoms. The first kappa shape index (κ1) is 16.9. The van der Waals surface area contributed by atoms with E-state index in [0.717, 1.165) is 22.2 Å². The van der Waals surface area contributed by atoms with E-state index in [1.165, 1.54) is 0 Å². The molecule has 29 heavy (non-hydrogen) atoms. The Kier molecular flexibility index (Phi) is 4.14. The van der Waals surface area contributed by atoms with Gasteiger partial charge < -0.3 is 14.3 Å². The number of rotatable bonds is 4. The minimum atomic E-state index is -0.342. The van der Waals surface area contributed by atoms with Gasteiger partial charge in [0, 0.05) is 22.9 Å². The van der Waals surface area contributed by atoms with Crippen LogP contribution in [0.15, 0.2) is 93.9 Å². The maximum absolute atomic E-state index is 12.5. The van der Waals surface area contributed by atoms with Crippen LogP contribution in [-0.2, 0) is 0 Å². The van der Waals surface area contributed by atoms with Gasteiger partial charge in [0.15, 0.2) is 17.0 Å². The molecule has 2 aromatic heterocycles. The van der Waals surface area contributed by atoms with Crippen LogP contribution >= 0.6 is 0 Å². The van der Waals surface area contributed by atoms with E-state index in [9.17, 15) is 4.79 Å². The van der Waals surface area contributed by atoms with Crippen LogP contribution in [0.5, 0.6) is 0 Å². The number of hydrogen-bond acceptors (Lipinski definition) is 5. The lowest BCUT2D eigenvalue weighted by molar-refractivity contribution is 0.101. The van der Waals surface area contributed by atoms with Crippen molar-refractivity contribution in [2.45, 2.75) is 0 Å². The molecule has 6 nitrogen and oxygen atoms in total. The van der Waals surface area contributed by atoms with Crippen LogP contribution in [0.1, 0.15) is 10.5 Å². The number of benzene rings is 3. The molecule has 0 bridgehead atoms. The monoisotopic (exact) mass is 381 g/mol. The SMILES string of the molecule is O=C(Nc1ccc(-c2nc3ccccc3o2)cc1)c1cc(-c2ccccc2)on1. The highest BCUT2D eigenvalue weighted by Gasteiger charge is 2.14. The number of carbonyl (C=O) groups is 1.